The van der Waals surface area contributed by atoms with Gasteiger partial charge >= 0.3 is 0 Å². The lowest BCUT2D eigenvalue weighted by molar-refractivity contribution is -0.122. The third-order valence-corrected chi connectivity index (χ3v) is 7.56. The molecule has 1 saturated carbocycles. The van der Waals surface area contributed by atoms with E-state index in [1.165, 1.54) is 10.7 Å². The van der Waals surface area contributed by atoms with Gasteiger partial charge < -0.3 is 5.32 Å². The molecule has 1 N–H and O–H groups in total. The van der Waals surface area contributed by atoms with E-state index in [0.29, 0.717) is 0 Å². The standard InChI is InChI=1S/C22H27BrN2O3S/c1-17-7-13-21(14-8-17)29(27,28)25(15-18-9-11-19(23)12-10-18)16-22(26)24-20-5-3-2-4-6-20/h7-14,20H,2-6,15-16H2,1H3,(H,24,26). The normalized spacial score (nSPS) is 15.4. The molecule has 1 fully saturated rings. The van der Waals surface area contributed by atoms with E-state index in [1.807, 2.05) is 31.2 Å². The van der Waals surface area contributed by atoms with E-state index in [2.05, 4.69) is 21.2 Å². The first-order valence-electron chi connectivity index (χ1n) is 9.95. The molecule has 2 aromatic carbocycles. The van der Waals surface area contributed by atoms with Gasteiger partial charge in [-0.25, -0.2) is 8.42 Å². The number of hydrogen-bond acceptors (Lipinski definition) is 3. The average Bonchev–Trinajstić information content (AvgIpc) is 2.70. The number of hydrogen-bond donors (Lipinski definition) is 1. The predicted molar refractivity (Wildman–Crippen MR) is 118 cm³/mol. The van der Waals surface area contributed by atoms with Gasteiger partial charge in [-0.15, -0.1) is 0 Å². The number of carbonyl (C=O) groups is 1. The highest BCUT2D eigenvalue weighted by atomic mass is 79.9. The molecule has 5 nitrogen and oxygen atoms in total. The third kappa shape index (κ3) is 6.14. The molecule has 0 bridgehead atoms. The number of aryl methyl sites for hydroxylation is 1. The largest absolute Gasteiger partial charge is 0.352 e. The van der Waals surface area contributed by atoms with Gasteiger partial charge in [-0.1, -0.05) is 65.0 Å². The van der Waals surface area contributed by atoms with Crippen LogP contribution in [-0.4, -0.2) is 31.2 Å². The Morgan fingerprint density at radius 3 is 2.28 bits per heavy atom. The van der Waals surface area contributed by atoms with Crippen molar-refractivity contribution in [3.8, 4) is 0 Å². The number of nitrogens with one attached hydrogen (secondary N) is 1. The van der Waals surface area contributed by atoms with Crippen LogP contribution in [0.3, 0.4) is 0 Å². The zero-order chi connectivity index (χ0) is 20.9. The summed E-state index contributed by atoms with van der Waals surface area (Å²) in [6.45, 7) is 1.86. The highest BCUT2D eigenvalue weighted by Gasteiger charge is 2.28. The number of amides is 1. The van der Waals surface area contributed by atoms with Crippen molar-refractivity contribution in [2.45, 2.75) is 56.5 Å². The summed E-state index contributed by atoms with van der Waals surface area (Å²) < 4.78 is 28.7. The summed E-state index contributed by atoms with van der Waals surface area (Å²) in [4.78, 5) is 12.9. The van der Waals surface area contributed by atoms with Crippen LogP contribution >= 0.6 is 15.9 Å². The molecule has 0 aromatic heterocycles. The first-order valence-corrected chi connectivity index (χ1v) is 12.2. The zero-order valence-corrected chi connectivity index (χ0v) is 19.0. The van der Waals surface area contributed by atoms with Crippen LogP contribution in [0.1, 0.15) is 43.2 Å². The molecule has 29 heavy (non-hydrogen) atoms. The summed E-state index contributed by atoms with van der Waals surface area (Å²) in [5, 5.41) is 3.02. The fraction of sp³-hybridized carbons (Fsp3) is 0.409. The lowest BCUT2D eigenvalue weighted by atomic mass is 9.95. The number of benzene rings is 2. The van der Waals surface area contributed by atoms with Crippen LogP contribution in [0.4, 0.5) is 0 Å². The Hall–Kier alpha value is -1.70. The second-order valence-corrected chi connectivity index (χ2v) is 10.5. The Kier molecular flexibility index (Phi) is 7.49. The van der Waals surface area contributed by atoms with E-state index >= 15 is 0 Å². The molecule has 0 saturated heterocycles. The summed E-state index contributed by atoms with van der Waals surface area (Å²) >= 11 is 3.39. The van der Waals surface area contributed by atoms with Gasteiger partial charge in [0, 0.05) is 17.1 Å². The van der Waals surface area contributed by atoms with Crippen LogP contribution in [0, 0.1) is 6.92 Å². The average molecular weight is 479 g/mol. The van der Waals surface area contributed by atoms with Crippen molar-refractivity contribution in [1.82, 2.24) is 9.62 Å². The lowest BCUT2D eigenvalue weighted by Gasteiger charge is -2.26. The summed E-state index contributed by atoms with van der Waals surface area (Å²) in [6, 6.07) is 14.3. The summed E-state index contributed by atoms with van der Waals surface area (Å²) in [5.41, 5.74) is 1.81. The maximum absolute atomic E-state index is 13.3. The molecule has 0 atom stereocenters. The SMILES string of the molecule is Cc1ccc(S(=O)(=O)N(CC(=O)NC2CCCCC2)Cc2ccc(Br)cc2)cc1. The van der Waals surface area contributed by atoms with Crippen molar-refractivity contribution in [2.24, 2.45) is 0 Å². The first-order chi connectivity index (χ1) is 13.8. The van der Waals surface area contributed by atoms with Gasteiger partial charge in [-0.2, -0.15) is 4.31 Å². The molecule has 0 aliphatic heterocycles. The quantitative estimate of drug-likeness (QED) is 0.641. The van der Waals surface area contributed by atoms with E-state index in [0.717, 1.165) is 41.3 Å². The molecular weight excluding hydrogens is 452 g/mol. The number of sulfonamides is 1. The maximum Gasteiger partial charge on any atom is 0.243 e. The number of halogens is 1. The Morgan fingerprint density at radius 2 is 1.66 bits per heavy atom. The van der Waals surface area contributed by atoms with E-state index in [9.17, 15) is 13.2 Å². The number of nitrogens with zero attached hydrogens (tertiary/aromatic N) is 1. The minimum Gasteiger partial charge on any atom is -0.352 e. The van der Waals surface area contributed by atoms with Crippen LogP contribution in [0.2, 0.25) is 0 Å². The molecule has 1 aliphatic carbocycles. The van der Waals surface area contributed by atoms with E-state index in [1.54, 1.807) is 24.3 Å². The summed E-state index contributed by atoms with van der Waals surface area (Å²) in [5.74, 6) is -0.246. The van der Waals surface area contributed by atoms with Crippen molar-refractivity contribution < 1.29 is 13.2 Å². The summed E-state index contributed by atoms with van der Waals surface area (Å²) in [6.07, 6.45) is 5.33. The molecule has 3 rings (SSSR count). The van der Waals surface area contributed by atoms with Gasteiger partial charge in [0.15, 0.2) is 0 Å². The summed E-state index contributed by atoms with van der Waals surface area (Å²) in [7, 11) is -3.80. The molecule has 1 aliphatic rings. The Labute approximate surface area is 181 Å². The molecule has 7 heteroatoms. The van der Waals surface area contributed by atoms with Crippen molar-refractivity contribution in [2.75, 3.05) is 6.54 Å². The van der Waals surface area contributed by atoms with Crippen LogP contribution in [0.15, 0.2) is 57.9 Å². The van der Waals surface area contributed by atoms with E-state index in [-0.39, 0.29) is 29.9 Å². The third-order valence-electron chi connectivity index (χ3n) is 5.22. The molecule has 1 amide bonds. The van der Waals surface area contributed by atoms with Gasteiger partial charge in [0.25, 0.3) is 0 Å². The van der Waals surface area contributed by atoms with Crippen molar-refractivity contribution >= 4 is 31.9 Å². The highest BCUT2D eigenvalue weighted by molar-refractivity contribution is 9.10. The zero-order valence-electron chi connectivity index (χ0n) is 16.6. The van der Waals surface area contributed by atoms with Gasteiger partial charge in [0.2, 0.25) is 15.9 Å². The molecule has 0 unspecified atom stereocenters. The molecule has 0 radical (unpaired) electrons. The molecule has 0 spiro atoms. The van der Waals surface area contributed by atoms with Crippen molar-refractivity contribution in [1.29, 1.82) is 0 Å². The number of carbonyl (C=O) groups excluding carboxylic acids is 1. The topological polar surface area (TPSA) is 66.5 Å². The van der Waals surface area contributed by atoms with Gasteiger partial charge in [0.05, 0.1) is 11.4 Å². The first kappa shape index (κ1) is 22.0. The van der Waals surface area contributed by atoms with Crippen molar-refractivity contribution in [3.05, 3.63) is 64.1 Å². The van der Waals surface area contributed by atoms with Crippen LogP contribution < -0.4 is 5.32 Å². The van der Waals surface area contributed by atoms with Gasteiger partial charge in [-0.3, -0.25) is 4.79 Å². The lowest BCUT2D eigenvalue weighted by Crippen LogP contribution is -2.44. The van der Waals surface area contributed by atoms with Crippen LogP contribution in [-0.2, 0) is 21.4 Å². The second kappa shape index (κ2) is 9.87. The monoisotopic (exact) mass is 478 g/mol. The van der Waals surface area contributed by atoms with Crippen LogP contribution in [0.25, 0.3) is 0 Å². The van der Waals surface area contributed by atoms with Crippen molar-refractivity contribution in [3.63, 3.8) is 0 Å². The second-order valence-electron chi connectivity index (χ2n) is 7.62. The van der Waals surface area contributed by atoms with E-state index in [4.69, 9.17) is 0 Å². The fourth-order valence-electron chi connectivity index (χ4n) is 3.56. The van der Waals surface area contributed by atoms with E-state index < -0.39 is 10.0 Å². The Bertz CT molecular complexity index is 922. The minimum atomic E-state index is -3.80. The smallest absolute Gasteiger partial charge is 0.243 e. The highest BCUT2D eigenvalue weighted by Crippen LogP contribution is 2.21. The molecule has 0 heterocycles. The van der Waals surface area contributed by atoms with Crippen LogP contribution in [0.5, 0.6) is 0 Å². The molecule has 156 valence electrons. The molecular formula is C22H27BrN2O3S. The Balaban J connectivity index is 1.81. The van der Waals surface area contributed by atoms with Gasteiger partial charge in [0.1, 0.15) is 0 Å². The number of rotatable bonds is 7. The molecule has 2 aromatic rings. The fourth-order valence-corrected chi connectivity index (χ4v) is 5.21. The maximum atomic E-state index is 13.3. The predicted octanol–water partition coefficient (Wildman–Crippen LogP) is 4.40. The Morgan fingerprint density at radius 1 is 1.03 bits per heavy atom. The minimum absolute atomic E-state index is 0.140. The van der Waals surface area contributed by atoms with Gasteiger partial charge in [-0.05, 0) is 49.6 Å².